The molecule has 0 saturated carbocycles. The fourth-order valence-electron chi connectivity index (χ4n) is 3.94. The summed E-state index contributed by atoms with van der Waals surface area (Å²) in [5.74, 6) is -1.34. The van der Waals surface area contributed by atoms with Crippen molar-refractivity contribution in [2.45, 2.75) is 51.9 Å². The van der Waals surface area contributed by atoms with Crippen molar-refractivity contribution in [3.05, 3.63) is 75.7 Å². The molecule has 2 heterocycles. The third-order valence-corrected chi connectivity index (χ3v) is 5.99. The van der Waals surface area contributed by atoms with E-state index >= 15 is 0 Å². The summed E-state index contributed by atoms with van der Waals surface area (Å²) in [4.78, 5) is 29.1. The van der Waals surface area contributed by atoms with E-state index in [0.29, 0.717) is 9.59 Å². The maximum absolute atomic E-state index is 13.2. The first-order valence-electron chi connectivity index (χ1n) is 12.1. The van der Waals surface area contributed by atoms with Crippen LogP contribution in [0.2, 0.25) is 5.02 Å². The van der Waals surface area contributed by atoms with Crippen molar-refractivity contribution < 1.29 is 41.3 Å². The lowest BCUT2D eigenvalue weighted by Gasteiger charge is -2.15. The number of alkyl halides is 5. The Morgan fingerprint density at radius 2 is 1.76 bits per heavy atom. The van der Waals surface area contributed by atoms with Gasteiger partial charge in [0, 0.05) is 17.5 Å². The van der Waals surface area contributed by atoms with Gasteiger partial charge in [-0.2, -0.15) is 22.0 Å². The summed E-state index contributed by atoms with van der Waals surface area (Å²) in [6.45, 7) is -2.25. The van der Waals surface area contributed by atoms with Gasteiger partial charge in [0.05, 0.1) is 6.54 Å². The zero-order chi connectivity index (χ0) is 30.8. The molecular weight excluding hydrogens is 595 g/mol. The van der Waals surface area contributed by atoms with Crippen LogP contribution in [-0.2, 0) is 22.6 Å². The minimum absolute atomic E-state index is 0.00131. The van der Waals surface area contributed by atoms with Crippen molar-refractivity contribution in [2.24, 2.45) is 0 Å². The fraction of sp³-hybridized carbons (Fsp3) is 0.320. The molecule has 4 aromatic rings. The van der Waals surface area contributed by atoms with Crippen molar-refractivity contribution in [2.75, 3.05) is 0 Å². The number of aliphatic hydroxyl groups is 1. The molecule has 224 valence electrons. The first-order chi connectivity index (χ1) is 19.7. The number of esters is 1. The lowest BCUT2D eigenvalue weighted by Crippen LogP contribution is -2.37. The second kappa shape index (κ2) is 12.3. The second-order valence-electron chi connectivity index (χ2n) is 8.83. The van der Waals surface area contributed by atoms with Gasteiger partial charge in [-0.15, -0.1) is 10.2 Å². The number of aromatic nitrogens is 6. The van der Waals surface area contributed by atoms with Crippen LogP contribution in [0.3, 0.4) is 0 Å². The second-order valence-corrected chi connectivity index (χ2v) is 9.27. The SMILES string of the molecule is CC(=O)O[C@H](C)c1nc(Cn2nc(-c3ccc(Cl)cc3)n(C[C@H](O)C(F)(F)F)c2=O)nn1-c1ccccc1OC(F)F. The number of rotatable bonds is 10. The average Bonchev–Trinajstić information content (AvgIpc) is 3.45. The van der Waals surface area contributed by atoms with Crippen molar-refractivity contribution in [1.29, 1.82) is 0 Å². The molecule has 0 spiro atoms. The molecule has 2 atom stereocenters. The number of ether oxygens (including phenoxy) is 2. The highest BCUT2D eigenvalue weighted by atomic mass is 35.5. The standard InChI is InChI=1S/C25H22ClF5N6O5/c1-13(41-14(2)38)21-32-20(33-37(21)17-5-3-4-6-18(17)42-23(27)28)12-36-24(40)35(11-19(39)25(29,30)31)22(34-36)15-7-9-16(26)10-8-15/h3-10,13,19,23,39H,11-12H2,1-2H3/t13-,19+/m1/s1. The highest BCUT2D eigenvalue weighted by molar-refractivity contribution is 6.30. The van der Waals surface area contributed by atoms with Gasteiger partial charge in [-0.25, -0.2) is 19.1 Å². The van der Waals surface area contributed by atoms with Gasteiger partial charge in [0.2, 0.25) is 0 Å². The molecule has 2 aromatic carbocycles. The van der Waals surface area contributed by atoms with Gasteiger partial charge < -0.3 is 14.6 Å². The number of benzene rings is 2. The Morgan fingerprint density at radius 3 is 2.38 bits per heavy atom. The molecule has 4 rings (SSSR count). The number of para-hydroxylation sites is 2. The van der Waals surface area contributed by atoms with Crippen LogP contribution in [0, 0.1) is 0 Å². The summed E-state index contributed by atoms with van der Waals surface area (Å²) in [6, 6.07) is 11.3. The van der Waals surface area contributed by atoms with Gasteiger partial charge in [-0.05, 0) is 43.3 Å². The summed E-state index contributed by atoms with van der Waals surface area (Å²) in [5, 5.41) is 18.4. The van der Waals surface area contributed by atoms with Crippen molar-refractivity contribution in [3.8, 4) is 22.8 Å². The molecule has 0 aliphatic heterocycles. The molecule has 0 aliphatic carbocycles. The molecule has 0 bridgehead atoms. The maximum Gasteiger partial charge on any atom is 0.416 e. The van der Waals surface area contributed by atoms with Gasteiger partial charge in [-0.1, -0.05) is 23.7 Å². The van der Waals surface area contributed by atoms with E-state index in [1.54, 1.807) is 0 Å². The van der Waals surface area contributed by atoms with Crippen molar-refractivity contribution in [3.63, 3.8) is 0 Å². The van der Waals surface area contributed by atoms with E-state index in [1.807, 2.05) is 0 Å². The molecule has 11 nitrogen and oxygen atoms in total. The third kappa shape index (κ3) is 6.94. The van der Waals surface area contributed by atoms with Gasteiger partial charge >= 0.3 is 24.4 Å². The smallest absolute Gasteiger partial charge is 0.416 e. The molecule has 0 radical (unpaired) electrons. The predicted molar refractivity (Wildman–Crippen MR) is 136 cm³/mol. The molecular formula is C25H22ClF5N6O5. The van der Waals surface area contributed by atoms with Crippen molar-refractivity contribution >= 4 is 17.6 Å². The van der Waals surface area contributed by atoms with Crippen LogP contribution < -0.4 is 10.4 Å². The van der Waals surface area contributed by atoms with Gasteiger partial charge in [-0.3, -0.25) is 9.36 Å². The number of hydrogen-bond donors (Lipinski definition) is 1. The van der Waals surface area contributed by atoms with Gasteiger partial charge in [0.15, 0.2) is 35.4 Å². The summed E-state index contributed by atoms with van der Waals surface area (Å²) in [6.07, 6.45) is -8.95. The number of carbonyl (C=O) groups excluding carboxylic acids is 1. The molecule has 1 N–H and O–H groups in total. The molecule has 0 amide bonds. The minimum atomic E-state index is -5.02. The summed E-state index contributed by atoms with van der Waals surface area (Å²) >= 11 is 5.91. The highest BCUT2D eigenvalue weighted by Gasteiger charge is 2.39. The zero-order valence-electron chi connectivity index (χ0n) is 21.8. The van der Waals surface area contributed by atoms with E-state index < -0.39 is 49.7 Å². The molecule has 0 saturated heterocycles. The van der Waals surface area contributed by atoms with E-state index in [4.69, 9.17) is 16.3 Å². The zero-order valence-corrected chi connectivity index (χ0v) is 22.6. The van der Waals surface area contributed by atoms with Crippen LogP contribution in [0.5, 0.6) is 5.75 Å². The summed E-state index contributed by atoms with van der Waals surface area (Å²) in [5.41, 5.74) is -0.806. The summed E-state index contributed by atoms with van der Waals surface area (Å²) < 4.78 is 77.9. The third-order valence-electron chi connectivity index (χ3n) is 5.74. The van der Waals surface area contributed by atoms with Crippen LogP contribution in [0.4, 0.5) is 22.0 Å². The molecule has 2 aromatic heterocycles. The maximum atomic E-state index is 13.2. The van der Waals surface area contributed by atoms with E-state index in [-0.39, 0.29) is 34.5 Å². The Kier molecular flexibility index (Phi) is 8.96. The van der Waals surface area contributed by atoms with Gasteiger partial charge in [0.1, 0.15) is 12.2 Å². The van der Waals surface area contributed by atoms with Gasteiger partial charge in [0.25, 0.3) is 0 Å². The number of hydrogen-bond acceptors (Lipinski definition) is 8. The Labute approximate surface area is 238 Å². The number of aliphatic hydroxyl groups excluding tert-OH is 1. The largest absolute Gasteiger partial charge is 0.455 e. The number of carbonyl (C=O) groups is 1. The van der Waals surface area contributed by atoms with Crippen LogP contribution >= 0.6 is 11.6 Å². The van der Waals surface area contributed by atoms with E-state index in [0.717, 1.165) is 16.3 Å². The van der Waals surface area contributed by atoms with Crippen molar-refractivity contribution in [1.82, 2.24) is 29.1 Å². The molecule has 0 aliphatic rings. The lowest BCUT2D eigenvalue weighted by molar-refractivity contribution is -0.207. The molecule has 0 unspecified atom stereocenters. The van der Waals surface area contributed by atoms with Crippen LogP contribution in [-0.4, -0.2) is 59.1 Å². The first kappa shape index (κ1) is 30.6. The Hall–Kier alpha value is -4.31. The highest BCUT2D eigenvalue weighted by Crippen LogP contribution is 2.28. The quantitative estimate of drug-likeness (QED) is 0.208. The Balaban J connectivity index is 1.81. The molecule has 17 heteroatoms. The van der Waals surface area contributed by atoms with E-state index in [2.05, 4.69) is 19.9 Å². The molecule has 0 fully saturated rings. The first-order valence-corrected chi connectivity index (χ1v) is 12.5. The Morgan fingerprint density at radius 1 is 1.10 bits per heavy atom. The van der Waals surface area contributed by atoms with Crippen LogP contribution in [0.1, 0.15) is 31.6 Å². The van der Waals surface area contributed by atoms with E-state index in [1.165, 1.54) is 55.5 Å². The number of halogens is 6. The minimum Gasteiger partial charge on any atom is -0.455 e. The summed E-state index contributed by atoms with van der Waals surface area (Å²) in [7, 11) is 0. The van der Waals surface area contributed by atoms with Crippen LogP contribution in [0.15, 0.2) is 53.3 Å². The number of nitrogens with zero attached hydrogens (tertiary/aromatic N) is 6. The predicted octanol–water partition coefficient (Wildman–Crippen LogP) is 4.14. The average molecular weight is 617 g/mol. The fourth-order valence-corrected chi connectivity index (χ4v) is 4.06. The normalized spacial score (nSPS) is 13.3. The topological polar surface area (TPSA) is 126 Å². The Bertz CT molecular complexity index is 1620. The lowest BCUT2D eigenvalue weighted by atomic mass is 10.2. The van der Waals surface area contributed by atoms with E-state index in [9.17, 15) is 36.6 Å². The van der Waals surface area contributed by atoms with Crippen LogP contribution in [0.25, 0.3) is 17.1 Å². The molecule has 42 heavy (non-hydrogen) atoms. The monoisotopic (exact) mass is 616 g/mol.